The lowest BCUT2D eigenvalue weighted by Crippen LogP contribution is -2.38. The van der Waals surface area contributed by atoms with E-state index in [9.17, 15) is 4.79 Å². The van der Waals surface area contributed by atoms with E-state index in [2.05, 4.69) is 23.4 Å². The summed E-state index contributed by atoms with van der Waals surface area (Å²) in [5.74, 6) is 5.80. The highest BCUT2D eigenvalue weighted by molar-refractivity contribution is 7.99. The van der Waals surface area contributed by atoms with Gasteiger partial charge in [0.2, 0.25) is 0 Å². The lowest BCUT2D eigenvalue weighted by molar-refractivity contribution is 0.0938. The van der Waals surface area contributed by atoms with Crippen LogP contribution < -0.4 is 5.32 Å². The minimum absolute atomic E-state index is 0.0405. The smallest absolute Gasteiger partial charge is 0.252 e. The van der Waals surface area contributed by atoms with Gasteiger partial charge in [-0.25, -0.2) is 0 Å². The van der Waals surface area contributed by atoms with Gasteiger partial charge in [0.25, 0.3) is 5.91 Å². The van der Waals surface area contributed by atoms with Gasteiger partial charge in [-0.2, -0.15) is 11.8 Å². The van der Waals surface area contributed by atoms with Crippen molar-refractivity contribution in [3.8, 4) is 11.8 Å². The third kappa shape index (κ3) is 4.26. The van der Waals surface area contributed by atoms with E-state index < -0.39 is 0 Å². The maximum Gasteiger partial charge on any atom is 0.252 e. The molecule has 0 spiro atoms. The zero-order valence-corrected chi connectivity index (χ0v) is 13.1. The summed E-state index contributed by atoms with van der Waals surface area (Å²) in [7, 11) is 0. The van der Waals surface area contributed by atoms with Crippen molar-refractivity contribution in [1.82, 2.24) is 5.32 Å². The molecule has 0 aliphatic heterocycles. The molecule has 2 unspecified atom stereocenters. The van der Waals surface area contributed by atoms with Crippen LogP contribution in [0.5, 0.6) is 0 Å². The number of hydrogen-bond acceptors (Lipinski definition) is 3. The van der Waals surface area contributed by atoms with Gasteiger partial charge in [-0.15, -0.1) is 0 Å². The van der Waals surface area contributed by atoms with Crippen molar-refractivity contribution < 1.29 is 9.90 Å². The molecule has 1 aliphatic carbocycles. The molecule has 0 heterocycles. The number of carbonyl (C=O) groups excluding carboxylic acids is 1. The molecule has 21 heavy (non-hydrogen) atoms. The lowest BCUT2D eigenvalue weighted by Gasteiger charge is -2.19. The fourth-order valence-corrected chi connectivity index (χ4v) is 3.56. The van der Waals surface area contributed by atoms with E-state index in [0.29, 0.717) is 17.2 Å². The van der Waals surface area contributed by atoms with Crippen LogP contribution in [0.3, 0.4) is 0 Å². The largest absolute Gasteiger partial charge is 0.395 e. The number of carbonyl (C=O) groups is 1. The molecule has 2 rings (SSSR count). The van der Waals surface area contributed by atoms with Gasteiger partial charge in [-0.3, -0.25) is 4.79 Å². The van der Waals surface area contributed by atoms with Crippen molar-refractivity contribution in [3.05, 3.63) is 35.4 Å². The van der Waals surface area contributed by atoms with Crippen LogP contribution in [0, 0.1) is 11.8 Å². The number of rotatable bonds is 4. The van der Waals surface area contributed by atoms with E-state index in [1.807, 2.05) is 30.0 Å². The second kappa shape index (κ2) is 8.11. The third-order valence-electron chi connectivity index (χ3n) is 3.70. The van der Waals surface area contributed by atoms with Crippen molar-refractivity contribution >= 4 is 17.7 Å². The molecule has 1 amide bonds. The fraction of sp³-hybridized carbons (Fsp3) is 0.471. The lowest BCUT2D eigenvalue weighted by atomic mass is 10.1. The Bertz CT molecular complexity index is 547. The SMILES string of the molecule is CSC1CCCC1NC(=O)c1ccccc1C#CCCO. The van der Waals surface area contributed by atoms with Gasteiger partial charge in [0.1, 0.15) is 0 Å². The Labute approximate surface area is 130 Å². The molecule has 0 aromatic heterocycles. The maximum absolute atomic E-state index is 12.5. The average Bonchev–Trinajstić information content (AvgIpc) is 2.95. The van der Waals surface area contributed by atoms with Crippen LogP contribution in [-0.2, 0) is 0 Å². The molecule has 2 atom stereocenters. The van der Waals surface area contributed by atoms with E-state index in [1.54, 1.807) is 6.07 Å². The predicted molar refractivity (Wildman–Crippen MR) is 87.4 cm³/mol. The summed E-state index contributed by atoms with van der Waals surface area (Å²) in [5, 5.41) is 12.5. The number of thioether (sulfide) groups is 1. The number of amides is 1. The minimum atomic E-state index is -0.0464. The second-order valence-corrected chi connectivity index (χ2v) is 6.18. The van der Waals surface area contributed by atoms with Crippen molar-refractivity contribution in [2.24, 2.45) is 0 Å². The van der Waals surface area contributed by atoms with E-state index in [-0.39, 0.29) is 18.6 Å². The molecule has 0 radical (unpaired) electrons. The molecule has 3 nitrogen and oxygen atoms in total. The van der Waals surface area contributed by atoms with Crippen LogP contribution in [0.2, 0.25) is 0 Å². The van der Waals surface area contributed by atoms with E-state index in [4.69, 9.17) is 5.11 Å². The molecule has 1 aromatic carbocycles. The summed E-state index contributed by atoms with van der Waals surface area (Å²) in [5.41, 5.74) is 1.34. The molecule has 1 fully saturated rings. The van der Waals surface area contributed by atoms with Crippen LogP contribution in [0.25, 0.3) is 0 Å². The molecule has 4 heteroatoms. The normalized spacial score (nSPS) is 20.7. The van der Waals surface area contributed by atoms with Gasteiger partial charge in [0.15, 0.2) is 0 Å². The molecular weight excluding hydrogens is 282 g/mol. The molecular formula is C17H21NO2S. The van der Waals surface area contributed by atoms with Gasteiger partial charge in [0.05, 0.1) is 12.2 Å². The number of nitrogens with one attached hydrogen (secondary N) is 1. The summed E-state index contributed by atoms with van der Waals surface area (Å²) in [4.78, 5) is 12.5. The molecule has 0 bridgehead atoms. The Morgan fingerprint density at radius 2 is 2.24 bits per heavy atom. The van der Waals surface area contributed by atoms with Crippen LogP contribution in [-0.4, -0.2) is 35.2 Å². The Morgan fingerprint density at radius 1 is 1.43 bits per heavy atom. The predicted octanol–water partition coefficient (Wildman–Crippen LogP) is 2.43. The average molecular weight is 303 g/mol. The van der Waals surface area contributed by atoms with Crippen LogP contribution in [0.1, 0.15) is 41.6 Å². The van der Waals surface area contributed by atoms with Crippen molar-refractivity contribution in [3.63, 3.8) is 0 Å². The topological polar surface area (TPSA) is 49.3 Å². The highest BCUT2D eigenvalue weighted by atomic mass is 32.2. The van der Waals surface area contributed by atoms with E-state index in [1.165, 1.54) is 12.8 Å². The first-order chi connectivity index (χ1) is 10.3. The van der Waals surface area contributed by atoms with Gasteiger partial charge < -0.3 is 10.4 Å². The maximum atomic E-state index is 12.5. The summed E-state index contributed by atoms with van der Waals surface area (Å²) < 4.78 is 0. The Hall–Kier alpha value is -1.44. The summed E-state index contributed by atoms with van der Waals surface area (Å²) >= 11 is 1.83. The first kappa shape index (κ1) is 15.9. The fourth-order valence-electron chi connectivity index (χ4n) is 2.62. The van der Waals surface area contributed by atoms with E-state index in [0.717, 1.165) is 12.0 Å². The van der Waals surface area contributed by atoms with Crippen molar-refractivity contribution in [2.45, 2.75) is 37.0 Å². The number of aliphatic hydroxyl groups is 1. The highest BCUT2D eigenvalue weighted by Gasteiger charge is 2.28. The molecule has 1 aliphatic rings. The van der Waals surface area contributed by atoms with Crippen LogP contribution >= 0.6 is 11.8 Å². The Balaban J connectivity index is 2.10. The van der Waals surface area contributed by atoms with Crippen LogP contribution in [0.15, 0.2) is 24.3 Å². The van der Waals surface area contributed by atoms with Gasteiger partial charge in [-0.1, -0.05) is 30.4 Å². The first-order valence-electron chi connectivity index (χ1n) is 7.28. The Morgan fingerprint density at radius 3 is 3.00 bits per heavy atom. The monoisotopic (exact) mass is 303 g/mol. The van der Waals surface area contributed by atoms with Crippen LogP contribution in [0.4, 0.5) is 0 Å². The Kier molecular flexibility index (Phi) is 6.16. The third-order valence-corrected chi connectivity index (χ3v) is 4.87. The highest BCUT2D eigenvalue weighted by Crippen LogP contribution is 2.28. The van der Waals surface area contributed by atoms with Crippen molar-refractivity contribution in [2.75, 3.05) is 12.9 Å². The molecule has 1 aromatic rings. The van der Waals surface area contributed by atoms with E-state index >= 15 is 0 Å². The molecule has 1 saturated carbocycles. The minimum Gasteiger partial charge on any atom is -0.395 e. The molecule has 2 N–H and O–H groups in total. The number of hydrogen-bond donors (Lipinski definition) is 2. The van der Waals surface area contributed by atoms with Gasteiger partial charge >= 0.3 is 0 Å². The molecule has 0 saturated heterocycles. The van der Waals surface area contributed by atoms with Crippen molar-refractivity contribution in [1.29, 1.82) is 0 Å². The standard InChI is InChI=1S/C17H21NO2S/c1-21-16-11-6-10-15(16)18-17(20)14-9-3-2-7-13(14)8-4-5-12-19/h2-3,7,9,15-16,19H,5-6,10-12H2,1H3,(H,18,20). The van der Waals surface area contributed by atoms with Gasteiger partial charge in [-0.05, 0) is 31.2 Å². The van der Waals surface area contributed by atoms with Gasteiger partial charge in [0, 0.05) is 23.3 Å². The second-order valence-electron chi connectivity index (χ2n) is 5.11. The first-order valence-corrected chi connectivity index (χ1v) is 8.57. The quantitative estimate of drug-likeness (QED) is 0.840. The summed E-state index contributed by atoms with van der Waals surface area (Å²) in [6.45, 7) is 0.0405. The molecule has 112 valence electrons. The number of aliphatic hydroxyl groups excluding tert-OH is 1. The summed E-state index contributed by atoms with van der Waals surface area (Å²) in [6, 6.07) is 7.64. The summed E-state index contributed by atoms with van der Waals surface area (Å²) in [6.07, 6.45) is 5.92. The zero-order valence-electron chi connectivity index (χ0n) is 12.3. The number of benzene rings is 1. The zero-order chi connectivity index (χ0) is 15.1.